The van der Waals surface area contributed by atoms with Gasteiger partial charge < -0.3 is 19.9 Å². The van der Waals surface area contributed by atoms with E-state index in [1.807, 2.05) is 68.4 Å². The van der Waals surface area contributed by atoms with Crippen molar-refractivity contribution in [1.29, 1.82) is 0 Å². The molecule has 1 N–H and O–H groups in total. The number of nitrogens with zero attached hydrogens (tertiary/aromatic N) is 4. The van der Waals surface area contributed by atoms with Crippen molar-refractivity contribution < 1.29 is 14.3 Å². The topological polar surface area (TPSA) is 87.7 Å². The van der Waals surface area contributed by atoms with Gasteiger partial charge in [-0.25, -0.2) is 9.97 Å². The SMILES string of the molecule is CC(C)N(C(=O)COC(=O)C1CCN(c2ncccn2)CC1)c1ccc(Nc2ccccc2)cc1. The van der Waals surface area contributed by atoms with Gasteiger partial charge in [0, 0.05) is 48.6 Å². The van der Waals surface area contributed by atoms with Crippen LogP contribution in [0, 0.1) is 5.92 Å². The highest BCUT2D eigenvalue weighted by Gasteiger charge is 2.28. The monoisotopic (exact) mass is 473 g/mol. The van der Waals surface area contributed by atoms with Crippen LogP contribution in [0.4, 0.5) is 23.0 Å². The normalized spacial score (nSPS) is 14.0. The molecule has 0 radical (unpaired) electrons. The number of nitrogens with one attached hydrogen (secondary N) is 1. The molecular formula is C27H31N5O3. The summed E-state index contributed by atoms with van der Waals surface area (Å²) in [6, 6.07) is 19.2. The Morgan fingerprint density at radius 1 is 0.971 bits per heavy atom. The zero-order chi connectivity index (χ0) is 24.6. The van der Waals surface area contributed by atoms with Crippen molar-refractivity contribution in [3.05, 3.63) is 73.1 Å². The largest absolute Gasteiger partial charge is 0.455 e. The molecule has 0 aliphatic carbocycles. The molecule has 2 aromatic carbocycles. The number of esters is 1. The molecular weight excluding hydrogens is 442 g/mol. The summed E-state index contributed by atoms with van der Waals surface area (Å²) in [5.74, 6) is -0.115. The lowest BCUT2D eigenvalue weighted by Gasteiger charge is -2.31. The second kappa shape index (κ2) is 11.5. The molecule has 1 amide bonds. The molecule has 0 unspecified atom stereocenters. The number of hydrogen-bond acceptors (Lipinski definition) is 7. The molecule has 8 heteroatoms. The first kappa shape index (κ1) is 24.2. The summed E-state index contributed by atoms with van der Waals surface area (Å²) in [5, 5.41) is 3.33. The summed E-state index contributed by atoms with van der Waals surface area (Å²) < 4.78 is 5.45. The summed E-state index contributed by atoms with van der Waals surface area (Å²) >= 11 is 0. The lowest BCUT2D eigenvalue weighted by molar-refractivity contribution is -0.152. The van der Waals surface area contributed by atoms with Crippen LogP contribution in [0.15, 0.2) is 73.1 Å². The third-order valence-electron chi connectivity index (χ3n) is 5.99. The number of benzene rings is 2. The Kier molecular flexibility index (Phi) is 7.92. The number of carbonyl (C=O) groups is 2. The average molecular weight is 474 g/mol. The molecule has 1 saturated heterocycles. The van der Waals surface area contributed by atoms with Gasteiger partial charge in [0.15, 0.2) is 6.61 Å². The Balaban J connectivity index is 1.30. The number of ether oxygens (including phenoxy) is 1. The van der Waals surface area contributed by atoms with Gasteiger partial charge in [0.05, 0.1) is 5.92 Å². The summed E-state index contributed by atoms with van der Waals surface area (Å²) in [6.07, 6.45) is 4.72. The van der Waals surface area contributed by atoms with E-state index >= 15 is 0 Å². The zero-order valence-corrected chi connectivity index (χ0v) is 20.1. The molecule has 0 spiro atoms. The van der Waals surface area contributed by atoms with Gasteiger partial charge in [-0.15, -0.1) is 0 Å². The van der Waals surface area contributed by atoms with Crippen LogP contribution in [0.5, 0.6) is 0 Å². The Morgan fingerprint density at radius 3 is 2.23 bits per heavy atom. The lowest BCUT2D eigenvalue weighted by Crippen LogP contribution is -2.41. The number of piperidine rings is 1. The molecule has 2 heterocycles. The van der Waals surface area contributed by atoms with Crippen molar-refractivity contribution in [3.63, 3.8) is 0 Å². The minimum absolute atomic E-state index is 0.0803. The quantitative estimate of drug-likeness (QED) is 0.485. The van der Waals surface area contributed by atoms with Gasteiger partial charge in [-0.3, -0.25) is 9.59 Å². The first-order valence-electron chi connectivity index (χ1n) is 11.9. The maximum atomic E-state index is 13.0. The maximum Gasteiger partial charge on any atom is 0.309 e. The molecule has 1 aliphatic rings. The van der Waals surface area contributed by atoms with Gasteiger partial charge in [-0.05, 0) is 69.2 Å². The molecule has 4 rings (SSSR count). The maximum absolute atomic E-state index is 13.0. The Hall–Kier alpha value is -3.94. The number of carbonyl (C=O) groups excluding carboxylic acids is 2. The summed E-state index contributed by atoms with van der Waals surface area (Å²) in [5.41, 5.74) is 2.68. The highest BCUT2D eigenvalue weighted by molar-refractivity contribution is 5.96. The number of rotatable bonds is 8. The highest BCUT2D eigenvalue weighted by atomic mass is 16.5. The third kappa shape index (κ3) is 6.35. The number of anilines is 4. The predicted octanol–water partition coefficient (Wildman–Crippen LogP) is 4.42. The standard InChI is InChI=1S/C27H31N5O3/c1-20(2)32(24-11-9-23(10-12-24)30-22-7-4-3-5-8-22)25(33)19-35-26(34)21-13-17-31(18-14-21)27-28-15-6-16-29-27/h3-12,15-16,20-21,30H,13-14,17-19H2,1-2H3. The van der Waals surface area contributed by atoms with Crippen molar-refractivity contribution in [1.82, 2.24) is 9.97 Å². The fraction of sp³-hybridized carbons (Fsp3) is 0.333. The van der Waals surface area contributed by atoms with E-state index < -0.39 is 0 Å². The minimum Gasteiger partial charge on any atom is -0.455 e. The van der Waals surface area contributed by atoms with Crippen LogP contribution in [0.3, 0.4) is 0 Å². The van der Waals surface area contributed by atoms with Crippen molar-refractivity contribution in [2.75, 3.05) is 34.8 Å². The molecule has 3 aromatic rings. The van der Waals surface area contributed by atoms with Gasteiger partial charge >= 0.3 is 5.97 Å². The molecule has 1 fully saturated rings. The summed E-state index contributed by atoms with van der Waals surface area (Å²) in [7, 11) is 0. The molecule has 8 nitrogen and oxygen atoms in total. The molecule has 0 bridgehead atoms. The van der Waals surface area contributed by atoms with E-state index in [4.69, 9.17) is 4.74 Å². The van der Waals surface area contributed by atoms with Crippen LogP contribution in [0.1, 0.15) is 26.7 Å². The Bertz CT molecular complexity index is 1100. The number of hydrogen-bond donors (Lipinski definition) is 1. The fourth-order valence-corrected chi connectivity index (χ4v) is 4.21. The van der Waals surface area contributed by atoms with Crippen LogP contribution < -0.4 is 15.1 Å². The van der Waals surface area contributed by atoms with E-state index in [1.54, 1.807) is 23.4 Å². The number of para-hydroxylation sites is 1. The van der Waals surface area contributed by atoms with Gasteiger partial charge in [0.2, 0.25) is 5.95 Å². The Morgan fingerprint density at radius 2 is 1.60 bits per heavy atom. The first-order chi connectivity index (χ1) is 17.0. The second-order valence-electron chi connectivity index (χ2n) is 8.81. The number of amides is 1. The zero-order valence-electron chi connectivity index (χ0n) is 20.1. The molecule has 1 aliphatic heterocycles. The van der Waals surface area contributed by atoms with Crippen LogP contribution in [-0.4, -0.2) is 47.6 Å². The van der Waals surface area contributed by atoms with E-state index in [-0.39, 0.29) is 30.4 Å². The average Bonchev–Trinajstić information content (AvgIpc) is 2.89. The second-order valence-corrected chi connectivity index (χ2v) is 8.81. The van der Waals surface area contributed by atoms with Crippen LogP contribution in [-0.2, 0) is 14.3 Å². The van der Waals surface area contributed by atoms with Crippen LogP contribution in [0.25, 0.3) is 0 Å². The fourth-order valence-electron chi connectivity index (χ4n) is 4.21. The van der Waals surface area contributed by atoms with E-state index in [0.717, 1.165) is 17.1 Å². The lowest BCUT2D eigenvalue weighted by atomic mass is 9.97. The van der Waals surface area contributed by atoms with Crippen molar-refractivity contribution in [2.24, 2.45) is 5.92 Å². The molecule has 0 atom stereocenters. The van der Waals surface area contributed by atoms with Gasteiger partial charge in [0.1, 0.15) is 0 Å². The predicted molar refractivity (Wildman–Crippen MR) is 137 cm³/mol. The molecule has 1 aromatic heterocycles. The minimum atomic E-state index is -0.321. The van der Waals surface area contributed by atoms with E-state index in [0.29, 0.717) is 31.9 Å². The molecule has 35 heavy (non-hydrogen) atoms. The van der Waals surface area contributed by atoms with E-state index in [9.17, 15) is 9.59 Å². The van der Waals surface area contributed by atoms with Crippen molar-refractivity contribution in [3.8, 4) is 0 Å². The highest BCUT2D eigenvalue weighted by Crippen LogP contribution is 2.24. The summed E-state index contributed by atoms with van der Waals surface area (Å²) in [6.45, 7) is 4.97. The first-order valence-corrected chi connectivity index (χ1v) is 11.9. The molecule has 0 saturated carbocycles. The van der Waals surface area contributed by atoms with Gasteiger partial charge in [-0.1, -0.05) is 18.2 Å². The smallest absolute Gasteiger partial charge is 0.309 e. The third-order valence-corrected chi connectivity index (χ3v) is 5.99. The van der Waals surface area contributed by atoms with Crippen molar-refractivity contribution in [2.45, 2.75) is 32.7 Å². The van der Waals surface area contributed by atoms with E-state index in [2.05, 4.69) is 20.2 Å². The van der Waals surface area contributed by atoms with E-state index in [1.165, 1.54) is 0 Å². The van der Waals surface area contributed by atoms with Crippen LogP contribution in [0.2, 0.25) is 0 Å². The Labute approximate surface area is 205 Å². The number of aromatic nitrogens is 2. The van der Waals surface area contributed by atoms with Crippen molar-refractivity contribution >= 4 is 34.9 Å². The molecule has 182 valence electrons. The van der Waals surface area contributed by atoms with Gasteiger partial charge in [-0.2, -0.15) is 0 Å². The van der Waals surface area contributed by atoms with Crippen LogP contribution >= 0.6 is 0 Å². The summed E-state index contributed by atoms with van der Waals surface area (Å²) in [4.78, 5) is 37.9. The van der Waals surface area contributed by atoms with Gasteiger partial charge in [0.25, 0.3) is 5.91 Å².